The van der Waals surface area contributed by atoms with Crippen LogP contribution in [0.1, 0.15) is 57.8 Å². The summed E-state index contributed by atoms with van der Waals surface area (Å²) in [5, 5.41) is 3.42. The SMILES string of the molecule is C#CC1CCC(CC2CCC(NC)CC2)CC1. The van der Waals surface area contributed by atoms with Gasteiger partial charge in [-0.3, -0.25) is 0 Å². The average molecular weight is 233 g/mol. The van der Waals surface area contributed by atoms with Crippen molar-refractivity contribution in [1.29, 1.82) is 0 Å². The maximum atomic E-state index is 5.51. The summed E-state index contributed by atoms with van der Waals surface area (Å²) in [5.74, 6) is 5.51. The van der Waals surface area contributed by atoms with Crippen LogP contribution in [-0.4, -0.2) is 13.1 Å². The largest absolute Gasteiger partial charge is 0.317 e. The van der Waals surface area contributed by atoms with Crippen LogP contribution in [0.2, 0.25) is 0 Å². The molecule has 2 aliphatic rings. The number of terminal acetylenes is 1. The highest BCUT2D eigenvalue weighted by Crippen LogP contribution is 2.36. The van der Waals surface area contributed by atoms with Gasteiger partial charge in [-0.05, 0) is 76.7 Å². The van der Waals surface area contributed by atoms with Crippen molar-refractivity contribution in [3.63, 3.8) is 0 Å². The molecule has 0 radical (unpaired) electrons. The number of hydrogen-bond donors (Lipinski definition) is 1. The highest BCUT2D eigenvalue weighted by Gasteiger charge is 2.25. The molecule has 1 N–H and O–H groups in total. The molecule has 0 spiro atoms. The molecular weight excluding hydrogens is 206 g/mol. The Morgan fingerprint density at radius 2 is 1.47 bits per heavy atom. The second-order valence-electron chi connectivity index (χ2n) is 6.13. The fraction of sp³-hybridized carbons (Fsp3) is 0.875. The molecule has 0 heterocycles. The van der Waals surface area contributed by atoms with Gasteiger partial charge in [0.15, 0.2) is 0 Å². The first-order valence-corrected chi connectivity index (χ1v) is 7.45. The molecule has 96 valence electrons. The molecule has 1 nitrogen and oxygen atoms in total. The fourth-order valence-corrected chi connectivity index (χ4v) is 3.72. The lowest BCUT2D eigenvalue weighted by atomic mass is 9.74. The van der Waals surface area contributed by atoms with E-state index >= 15 is 0 Å². The van der Waals surface area contributed by atoms with Gasteiger partial charge in [-0.2, -0.15) is 0 Å². The van der Waals surface area contributed by atoms with Crippen LogP contribution in [0.4, 0.5) is 0 Å². The topological polar surface area (TPSA) is 12.0 Å². The van der Waals surface area contributed by atoms with Gasteiger partial charge in [0.1, 0.15) is 0 Å². The Labute approximate surface area is 107 Å². The molecule has 0 saturated heterocycles. The molecular formula is C16H27N. The highest BCUT2D eigenvalue weighted by atomic mass is 14.9. The minimum Gasteiger partial charge on any atom is -0.317 e. The summed E-state index contributed by atoms with van der Waals surface area (Å²) in [6.45, 7) is 0. The molecule has 0 atom stereocenters. The van der Waals surface area contributed by atoms with Crippen LogP contribution in [0, 0.1) is 30.1 Å². The predicted octanol–water partition coefficient (Wildman–Crippen LogP) is 3.59. The van der Waals surface area contributed by atoms with Gasteiger partial charge in [-0.25, -0.2) is 0 Å². The van der Waals surface area contributed by atoms with E-state index in [1.807, 2.05) is 0 Å². The van der Waals surface area contributed by atoms with Gasteiger partial charge in [0.05, 0.1) is 0 Å². The van der Waals surface area contributed by atoms with Gasteiger partial charge < -0.3 is 5.32 Å². The third-order valence-electron chi connectivity index (χ3n) is 5.00. The molecule has 1 heteroatoms. The van der Waals surface area contributed by atoms with E-state index in [1.165, 1.54) is 57.8 Å². The standard InChI is InChI=1S/C16H27N/c1-3-13-4-6-14(7-5-13)12-15-8-10-16(17-2)11-9-15/h1,13-17H,4-12H2,2H3. The van der Waals surface area contributed by atoms with E-state index in [4.69, 9.17) is 6.42 Å². The Bertz CT molecular complexity index is 249. The second-order valence-corrected chi connectivity index (χ2v) is 6.13. The van der Waals surface area contributed by atoms with E-state index in [0.29, 0.717) is 5.92 Å². The van der Waals surface area contributed by atoms with Crippen molar-refractivity contribution in [2.75, 3.05) is 7.05 Å². The Balaban J connectivity index is 1.67. The van der Waals surface area contributed by atoms with E-state index < -0.39 is 0 Å². The zero-order valence-electron chi connectivity index (χ0n) is 11.3. The van der Waals surface area contributed by atoms with Crippen molar-refractivity contribution in [3.05, 3.63) is 0 Å². The van der Waals surface area contributed by atoms with Gasteiger partial charge >= 0.3 is 0 Å². The molecule has 0 aromatic carbocycles. The average Bonchev–Trinajstić information content (AvgIpc) is 2.40. The highest BCUT2D eigenvalue weighted by molar-refractivity contribution is 4.95. The lowest BCUT2D eigenvalue weighted by Crippen LogP contribution is -2.31. The number of rotatable bonds is 3. The van der Waals surface area contributed by atoms with Gasteiger partial charge in [-0.15, -0.1) is 12.3 Å². The van der Waals surface area contributed by atoms with E-state index in [2.05, 4.69) is 18.3 Å². The third-order valence-corrected chi connectivity index (χ3v) is 5.00. The van der Waals surface area contributed by atoms with E-state index in [-0.39, 0.29) is 0 Å². The molecule has 17 heavy (non-hydrogen) atoms. The molecule has 2 fully saturated rings. The monoisotopic (exact) mass is 233 g/mol. The third kappa shape index (κ3) is 3.75. The lowest BCUT2D eigenvalue weighted by molar-refractivity contribution is 0.214. The van der Waals surface area contributed by atoms with Crippen LogP contribution in [0.3, 0.4) is 0 Å². The molecule has 0 aliphatic heterocycles. The van der Waals surface area contributed by atoms with Crippen LogP contribution in [0.15, 0.2) is 0 Å². The fourth-order valence-electron chi connectivity index (χ4n) is 3.72. The van der Waals surface area contributed by atoms with Crippen LogP contribution in [0.25, 0.3) is 0 Å². The van der Waals surface area contributed by atoms with Gasteiger partial charge in [0, 0.05) is 12.0 Å². The second kappa shape index (κ2) is 6.45. The summed E-state index contributed by atoms with van der Waals surface area (Å²) in [6.07, 6.45) is 18.0. The van der Waals surface area contributed by atoms with Crippen molar-refractivity contribution in [2.24, 2.45) is 17.8 Å². The maximum absolute atomic E-state index is 5.51. The Morgan fingerprint density at radius 1 is 0.941 bits per heavy atom. The first-order valence-electron chi connectivity index (χ1n) is 7.45. The summed E-state index contributed by atoms with van der Waals surface area (Å²) in [7, 11) is 2.10. The first-order chi connectivity index (χ1) is 8.31. The summed E-state index contributed by atoms with van der Waals surface area (Å²) in [4.78, 5) is 0. The zero-order valence-corrected chi connectivity index (χ0v) is 11.3. The van der Waals surface area contributed by atoms with Crippen LogP contribution < -0.4 is 5.32 Å². The van der Waals surface area contributed by atoms with Crippen LogP contribution in [0.5, 0.6) is 0 Å². The van der Waals surface area contributed by atoms with Gasteiger partial charge in [0.2, 0.25) is 0 Å². The normalized spacial score (nSPS) is 38.6. The van der Waals surface area contributed by atoms with E-state index in [9.17, 15) is 0 Å². The summed E-state index contributed by atoms with van der Waals surface area (Å²) in [6, 6.07) is 0.795. The van der Waals surface area contributed by atoms with Crippen LogP contribution >= 0.6 is 0 Å². The molecule has 2 rings (SSSR count). The molecule has 0 aromatic heterocycles. The van der Waals surface area contributed by atoms with Crippen molar-refractivity contribution in [2.45, 2.75) is 63.8 Å². The zero-order chi connectivity index (χ0) is 12.1. The molecule has 0 bridgehead atoms. The molecule has 2 aliphatic carbocycles. The summed E-state index contributed by atoms with van der Waals surface area (Å²) in [5.41, 5.74) is 0. The Hall–Kier alpha value is -0.480. The minimum atomic E-state index is 0.589. The summed E-state index contributed by atoms with van der Waals surface area (Å²) >= 11 is 0. The predicted molar refractivity (Wildman–Crippen MR) is 73.7 cm³/mol. The maximum Gasteiger partial charge on any atom is 0.0200 e. The van der Waals surface area contributed by atoms with Crippen molar-refractivity contribution in [1.82, 2.24) is 5.32 Å². The van der Waals surface area contributed by atoms with Gasteiger partial charge in [0.25, 0.3) is 0 Å². The van der Waals surface area contributed by atoms with Crippen molar-refractivity contribution >= 4 is 0 Å². The molecule has 0 amide bonds. The number of hydrogen-bond acceptors (Lipinski definition) is 1. The van der Waals surface area contributed by atoms with Crippen LogP contribution in [-0.2, 0) is 0 Å². The smallest absolute Gasteiger partial charge is 0.0200 e. The molecule has 0 unspecified atom stereocenters. The molecule has 2 saturated carbocycles. The Kier molecular flexibility index (Phi) is 4.92. The minimum absolute atomic E-state index is 0.589. The van der Waals surface area contributed by atoms with Crippen molar-refractivity contribution in [3.8, 4) is 12.3 Å². The van der Waals surface area contributed by atoms with Gasteiger partial charge in [-0.1, -0.05) is 0 Å². The number of nitrogens with one attached hydrogen (secondary N) is 1. The van der Waals surface area contributed by atoms with Crippen molar-refractivity contribution < 1.29 is 0 Å². The lowest BCUT2D eigenvalue weighted by Gasteiger charge is -2.33. The summed E-state index contributed by atoms with van der Waals surface area (Å²) < 4.78 is 0. The van der Waals surface area contributed by atoms with E-state index in [1.54, 1.807) is 0 Å². The van der Waals surface area contributed by atoms with E-state index in [0.717, 1.165) is 17.9 Å². The molecule has 0 aromatic rings. The first kappa shape index (κ1) is 13.0. The Morgan fingerprint density at radius 3 is 1.94 bits per heavy atom. The quantitative estimate of drug-likeness (QED) is 0.735.